The summed E-state index contributed by atoms with van der Waals surface area (Å²) in [5, 5.41) is 3.10. The van der Waals surface area contributed by atoms with Crippen LogP contribution in [0.2, 0.25) is 0 Å². The number of fused-ring (bicyclic) bond motifs is 1. The second-order valence-corrected chi connectivity index (χ2v) is 4.31. The van der Waals surface area contributed by atoms with Gasteiger partial charge in [0.1, 0.15) is 0 Å². The third-order valence-electron chi connectivity index (χ3n) is 2.95. The van der Waals surface area contributed by atoms with Crippen molar-refractivity contribution in [3.63, 3.8) is 0 Å². The van der Waals surface area contributed by atoms with E-state index in [1.165, 1.54) is 17.9 Å². The van der Waals surface area contributed by atoms with Crippen molar-refractivity contribution in [3.05, 3.63) is 30.0 Å². The Morgan fingerprint density at radius 3 is 2.84 bits per heavy atom. The largest absolute Gasteiger partial charge is 0.454 e. The average Bonchev–Trinajstić information content (AvgIpc) is 2.95. The number of nitrogens with one attached hydrogen (secondary N) is 1. The molecule has 0 unspecified atom stereocenters. The van der Waals surface area contributed by atoms with Gasteiger partial charge in [0.25, 0.3) is 5.91 Å². The molecule has 0 aromatic heterocycles. The molecule has 0 bridgehead atoms. The van der Waals surface area contributed by atoms with Crippen molar-refractivity contribution >= 4 is 17.5 Å². The van der Waals surface area contributed by atoms with Crippen LogP contribution in [0.5, 0.6) is 11.5 Å². The smallest absolute Gasteiger partial charge is 0.255 e. The van der Waals surface area contributed by atoms with Crippen LogP contribution in [-0.2, 0) is 9.59 Å². The molecule has 0 saturated carbocycles. The maximum atomic E-state index is 11.5. The summed E-state index contributed by atoms with van der Waals surface area (Å²) in [6, 6.07) is 5.42. The van der Waals surface area contributed by atoms with Crippen LogP contribution in [0.4, 0.5) is 5.69 Å². The lowest BCUT2D eigenvalue weighted by atomic mass is 10.2. The number of rotatable bonds is 2. The van der Waals surface area contributed by atoms with Gasteiger partial charge >= 0.3 is 0 Å². The van der Waals surface area contributed by atoms with Crippen LogP contribution < -0.4 is 14.8 Å². The van der Waals surface area contributed by atoms with Gasteiger partial charge in [0.15, 0.2) is 11.5 Å². The maximum Gasteiger partial charge on any atom is 0.255 e. The molecule has 0 radical (unpaired) electrons. The van der Waals surface area contributed by atoms with E-state index in [1.54, 1.807) is 12.1 Å². The highest BCUT2D eigenvalue weighted by Crippen LogP contribution is 2.34. The zero-order chi connectivity index (χ0) is 13.4. The van der Waals surface area contributed by atoms with E-state index < -0.39 is 0 Å². The molecule has 6 heteroatoms. The van der Waals surface area contributed by atoms with Crippen LogP contribution in [0.3, 0.4) is 0 Å². The third kappa shape index (κ3) is 2.12. The van der Waals surface area contributed by atoms with E-state index in [-0.39, 0.29) is 25.2 Å². The number of benzene rings is 1. The number of nitrogens with zero attached hydrogens (tertiary/aromatic N) is 1. The van der Waals surface area contributed by atoms with Crippen molar-refractivity contribution in [3.8, 4) is 11.5 Å². The van der Waals surface area contributed by atoms with Crippen molar-refractivity contribution in [1.82, 2.24) is 4.90 Å². The van der Waals surface area contributed by atoms with Crippen molar-refractivity contribution in [2.24, 2.45) is 0 Å². The van der Waals surface area contributed by atoms with Gasteiger partial charge in [-0.15, -0.1) is 0 Å². The Bertz CT molecular complexity index is 594. The molecule has 0 aliphatic carbocycles. The lowest BCUT2D eigenvalue weighted by molar-refractivity contribution is -0.138. The number of carbonyl (C=O) groups is 2. The second kappa shape index (κ2) is 4.31. The molecular formula is C13H12N2O4. The lowest BCUT2D eigenvalue weighted by Crippen LogP contribution is -2.31. The van der Waals surface area contributed by atoms with Gasteiger partial charge in [0.2, 0.25) is 12.7 Å². The molecule has 2 heterocycles. The highest BCUT2D eigenvalue weighted by Gasteiger charge is 2.25. The predicted molar refractivity (Wildman–Crippen MR) is 66.7 cm³/mol. The molecule has 0 atom stereocenters. The average molecular weight is 260 g/mol. The van der Waals surface area contributed by atoms with Gasteiger partial charge in [-0.3, -0.25) is 14.5 Å². The summed E-state index contributed by atoms with van der Waals surface area (Å²) in [6.45, 7) is 1.86. The minimum absolute atomic E-state index is 0.220. The molecule has 0 fully saturated rings. The summed E-state index contributed by atoms with van der Waals surface area (Å²) < 4.78 is 10.5. The SMILES string of the molecule is CC(=O)N1CC(Nc2ccc3c(c2)OCO3)=CC1=O. The Morgan fingerprint density at radius 1 is 1.32 bits per heavy atom. The van der Waals surface area contributed by atoms with Gasteiger partial charge in [-0.25, -0.2) is 0 Å². The molecular weight excluding hydrogens is 248 g/mol. The van der Waals surface area contributed by atoms with Crippen molar-refractivity contribution in [2.75, 3.05) is 18.7 Å². The molecule has 19 heavy (non-hydrogen) atoms. The Hall–Kier alpha value is -2.50. The Balaban J connectivity index is 1.74. The van der Waals surface area contributed by atoms with E-state index in [2.05, 4.69) is 5.32 Å². The quantitative estimate of drug-likeness (QED) is 0.862. The standard InChI is InChI=1S/C13H12N2O4/c1-8(16)15-6-10(5-13(15)17)14-9-2-3-11-12(4-9)19-7-18-11/h2-5,14H,6-7H2,1H3. The lowest BCUT2D eigenvalue weighted by Gasteiger charge is -2.12. The van der Waals surface area contributed by atoms with E-state index in [1.807, 2.05) is 6.07 Å². The summed E-state index contributed by atoms with van der Waals surface area (Å²) >= 11 is 0. The number of imide groups is 1. The highest BCUT2D eigenvalue weighted by atomic mass is 16.7. The summed E-state index contributed by atoms with van der Waals surface area (Å²) in [6.07, 6.45) is 1.42. The van der Waals surface area contributed by atoms with Gasteiger partial charge in [-0.05, 0) is 12.1 Å². The van der Waals surface area contributed by atoms with E-state index in [0.717, 1.165) is 5.69 Å². The summed E-state index contributed by atoms with van der Waals surface area (Å²) in [7, 11) is 0. The number of hydrogen-bond acceptors (Lipinski definition) is 5. The zero-order valence-corrected chi connectivity index (χ0v) is 10.3. The van der Waals surface area contributed by atoms with Crippen LogP contribution >= 0.6 is 0 Å². The minimum Gasteiger partial charge on any atom is -0.454 e. The summed E-state index contributed by atoms with van der Waals surface area (Å²) in [5.41, 5.74) is 1.47. The van der Waals surface area contributed by atoms with Crippen LogP contribution in [0.15, 0.2) is 30.0 Å². The molecule has 2 amide bonds. The molecule has 6 nitrogen and oxygen atoms in total. The second-order valence-electron chi connectivity index (χ2n) is 4.31. The molecule has 1 N–H and O–H groups in total. The topological polar surface area (TPSA) is 67.9 Å². The van der Waals surface area contributed by atoms with Gasteiger partial charge in [0.05, 0.1) is 6.54 Å². The van der Waals surface area contributed by atoms with Crippen LogP contribution in [0.1, 0.15) is 6.92 Å². The van der Waals surface area contributed by atoms with E-state index >= 15 is 0 Å². The fraction of sp³-hybridized carbons (Fsp3) is 0.231. The third-order valence-corrected chi connectivity index (χ3v) is 2.95. The number of amides is 2. The number of ether oxygens (including phenoxy) is 2. The monoisotopic (exact) mass is 260 g/mol. The number of hydrogen-bond donors (Lipinski definition) is 1. The van der Waals surface area contributed by atoms with E-state index in [0.29, 0.717) is 17.2 Å². The Morgan fingerprint density at radius 2 is 2.11 bits per heavy atom. The van der Waals surface area contributed by atoms with Crippen LogP contribution in [-0.4, -0.2) is 30.1 Å². The molecule has 1 aromatic rings. The molecule has 1 aromatic carbocycles. The Labute approximate surface area is 109 Å². The molecule has 2 aliphatic heterocycles. The first-order chi connectivity index (χ1) is 9.13. The molecule has 2 aliphatic rings. The van der Waals surface area contributed by atoms with Crippen molar-refractivity contribution in [1.29, 1.82) is 0 Å². The maximum absolute atomic E-state index is 11.5. The van der Waals surface area contributed by atoms with Crippen molar-refractivity contribution in [2.45, 2.75) is 6.92 Å². The molecule has 0 saturated heterocycles. The highest BCUT2D eigenvalue weighted by molar-refractivity contribution is 6.03. The predicted octanol–water partition coefficient (Wildman–Crippen LogP) is 1.10. The first-order valence-corrected chi connectivity index (χ1v) is 5.83. The van der Waals surface area contributed by atoms with E-state index in [9.17, 15) is 9.59 Å². The van der Waals surface area contributed by atoms with Crippen LogP contribution in [0, 0.1) is 0 Å². The molecule has 0 spiro atoms. The summed E-state index contributed by atoms with van der Waals surface area (Å²) in [5.74, 6) is 0.810. The molecule has 98 valence electrons. The first-order valence-electron chi connectivity index (χ1n) is 5.83. The first kappa shape index (κ1) is 11.6. The van der Waals surface area contributed by atoms with Crippen LogP contribution in [0.25, 0.3) is 0 Å². The fourth-order valence-corrected chi connectivity index (χ4v) is 2.02. The molecule has 3 rings (SSSR count). The van der Waals surface area contributed by atoms with Gasteiger partial charge < -0.3 is 14.8 Å². The number of anilines is 1. The summed E-state index contributed by atoms with van der Waals surface area (Å²) in [4.78, 5) is 23.9. The van der Waals surface area contributed by atoms with Gasteiger partial charge in [-0.2, -0.15) is 0 Å². The normalized spacial score (nSPS) is 16.6. The fourth-order valence-electron chi connectivity index (χ4n) is 2.02. The zero-order valence-electron chi connectivity index (χ0n) is 10.3. The Kier molecular flexibility index (Phi) is 2.63. The van der Waals surface area contributed by atoms with E-state index in [4.69, 9.17) is 9.47 Å². The minimum atomic E-state index is -0.296. The van der Waals surface area contributed by atoms with Gasteiger partial charge in [-0.1, -0.05) is 0 Å². The van der Waals surface area contributed by atoms with Crippen molar-refractivity contribution < 1.29 is 19.1 Å². The number of carbonyl (C=O) groups excluding carboxylic acids is 2. The van der Waals surface area contributed by atoms with Gasteiger partial charge in [0, 0.05) is 30.5 Å².